The summed E-state index contributed by atoms with van der Waals surface area (Å²) in [6.07, 6.45) is 1.37. The first-order valence-electron chi connectivity index (χ1n) is 7.70. The standard InChI is InChI=1S/C13H18N5O6P/c1-3-13-4-22-8(9(13)24-25(19,20)21-2)12(23-13)18-6-17-7-10(14)15-5-16-11(7)18/h5-6,8-9,12H,3-4H2,1-2H3,(H,19,20)(H2,14,15,16)/t8?,9?,12-,13-/m1/s1. The molecule has 0 saturated carbocycles. The van der Waals surface area contributed by atoms with Gasteiger partial charge in [-0.05, 0) is 6.42 Å². The number of anilines is 1. The summed E-state index contributed by atoms with van der Waals surface area (Å²) in [5.74, 6) is 0.255. The summed E-state index contributed by atoms with van der Waals surface area (Å²) in [6.45, 7) is 2.15. The van der Waals surface area contributed by atoms with E-state index in [2.05, 4.69) is 19.5 Å². The maximum Gasteiger partial charge on any atom is 0.472 e. The van der Waals surface area contributed by atoms with Crippen LogP contribution in [0, 0.1) is 0 Å². The van der Waals surface area contributed by atoms with Gasteiger partial charge in [-0.25, -0.2) is 19.5 Å². The molecule has 0 radical (unpaired) electrons. The molecule has 4 rings (SSSR count). The smallest absolute Gasteiger partial charge is 0.382 e. The fourth-order valence-electron chi connectivity index (χ4n) is 3.35. The molecule has 0 amide bonds. The first kappa shape index (κ1) is 16.8. The average Bonchev–Trinajstić information content (AvgIpc) is 3.26. The van der Waals surface area contributed by atoms with Crippen LogP contribution in [-0.2, 0) is 23.1 Å². The minimum absolute atomic E-state index is 0.253. The molecule has 2 saturated heterocycles. The van der Waals surface area contributed by atoms with Crippen LogP contribution in [0.3, 0.4) is 0 Å². The van der Waals surface area contributed by atoms with Gasteiger partial charge in [0.2, 0.25) is 0 Å². The Morgan fingerprint density at radius 3 is 3.04 bits per heavy atom. The summed E-state index contributed by atoms with van der Waals surface area (Å²) in [5.41, 5.74) is 5.88. The minimum atomic E-state index is -4.20. The number of hydrogen-bond donors (Lipinski definition) is 2. The van der Waals surface area contributed by atoms with Crippen LogP contribution in [0.25, 0.3) is 11.2 Å². The summed E-state index contributed by atoms with van der Waals surface area (Å²) in [4.78, 5) is 22.0. The van der Waals surface area contributed by atoms with Crippen molar-refractivity contribution in [1.29, 1.82) is 0 Å². The van der Waals surface area contributed by atoms with Crippen LogP contribution in [0.5, 0.6) is 0 Å². The zero-order valence-electron chi connectivity index (χ0n) is 13.6. The molecule has 136 valence electrons. The number of nitrogens with zero attached hydrogens (tertiary/aromatic N) is 4. The van der Waals surface area contributed by atoms with E-state index in [0.29, 0.717) is 17.6 Å². The lowest BCUT2D eigenvalue weighted by molar-refractivity contribution is -0.173. The summed E-state index contributed by atoms with van der Waals surface area (Å²) >= 11 is 0. The van der Waals surface area contributed by atoms with E-state index in [1.165, 1.54) is 12.7 Å². The Labute approximate surface area is 142 Å². The van der Waals surface area contributed by atoms with Crippen molar-refractivity contribution in [2.24, 2.45) is 0 Å². The number of imidazole rings is 1. The van der Waals surface area contributed by atoms with E-state index in [1.807, 2.05) is 6.92 Å². The number of phosphoric ester groups is 1. The Bertz CT molecular complexity index is 861. The Morgan fingerprint density at radius 1 is 1.52 bits per heavy atom. The Morgan fingerprint density at radius 2 is 2.32 bits per heavy atom. The van der Waals surface area contributed by atoms with Crippen LogP contribution in [0.4, 0.5) is 5.82 Å². The molecule has 5 atom stereocenters. The first-order chi connectivity index (χ1) is 11.9. The first-order valence-corrected chi connectivity index (χ1v) is 9.19. The van der Waals surface area contributed by atoms with Crippen LogP contribution in [0.1, 0.15) is 19.6 Å². The largest absolute Gasteiger partial charge is 0.472 e. The molecule has 3 unspecified atom stereocenters. The van der Waals surface area contributed by atoms with E-state index in [0.717, 1.165) is 7.11 Å². The van der Waals surface area contributed by atoms with E-state index in [9.17, 15) is 9.46 Å². The fraction of sp³-hybridized carbons (Fsp3) is 0.615. The normalized spacial score (nSPS) is 33.8. The topological polar surface area (TPSA) is 144 Å². The number of hydrogen-bond acceptors (Lipinski definition) is 9. The van der Waals surface area contributed by atoms with Crippen LogP contribution in [0.2, 0.25) is 0 Å². The predicted octanol–water partition coefficient (Wildman–Crippen LogP) is 0.617. The minimum Gasteiger partial charge on any atom is -0.382 e. The summed E-state index contributed by atoms with van der Waals surface area (Å²) in [7, 11) is -3.09. The monoisotopic (exact) mass is 371 g/mol. The molecule has 2 aliphatic heterocycles. The van der Waals surface area contributed by atoms with Crippen molar-refractivity contribution in [1.82, 2.24) is 19.5 Å². The molecule has 0 spiro atoms. The molecule has 2 aliphatic rings. The van der Waals surface area contributed by atoms with E-state index < -0.39 is 31.9 Å². The van der Waals surface area contributed by atoms with E-state index in [-0.39, 0.29) is 12.4 Å². The van der Waals surface area contributed by atoms with Crippen molar-refractivity contribution < 1.29 is 28.0 Å². The molecular weight excluding hydrogens is 353 g/mol. The Kier molecular flexibility index (Phi) is 3.83. The Hall–Kier alpha value is -1.62. The molecule has 0 aromatic carbocycles. The van der Waals surface area contributed by atoms with Crippen molar-refractivity contribution in [2.45, 2.75) is 37.4 Å². The third-order valence-electron chi connectivity index (χ3n) is 4.71. The maximum atomic E-state index is 11.9. The van der Waals surface area contributed by atoms with Gasteiger partial charge in [0.05, 0.1) is 12.9 Å². The van der Waals surface area contributed by atoms with Crippen molar-refractivity contribution in [3.63, 3.8) is 0 Å². The van der Waals surface area contributed by atoms with Gasteiger partial charge in [-0.3, -0.25) is 13.6 Å². The zero-order valence-corrected chi connectivity index (χ0v) is 14.5. The number of aromatic nitrogens is 4. The Balaban J connectivity index is 1.73. The highest BCUT2D eigenvalue weighted by atomic mass is 31.2. The molecule has 2 aromatic heterocycles. The van der Waals surface area contributed by atoms with Crippen molar-refractivity contribution >= 4 is 24.8 Å². The second-order valence-electron chi connectivity index (χ2n) is 5.96. The highest BCUT2D eigenvalue weighted by Gasteiger charge is 2.63. The molecule has 0 aliphatic carbocycles. The van der Waals surface area contributed by atoms with Crippen molar-refractivity contribution in [2.75, 3.05) is 19.5 Å². The fourth-order valence-corrected chi connectivity index (χ4v) is 4.03. The number of ether oxygens (including phenoxy) is 2. The number of fused-ring (bicyclic) bond motifs is 3. The highest BCUT2D eigenvalue weighted by Crippen LogP contribution is 2.55. The molecule has 11 nitrogen and oxygen atoms in total. The van der Waals surface area contributed by atoms with Gasteiger partial charge < -0.3 is 20.1 Å². The van der Waals surface area contributed by atoms with Gasteiger partial charge in [0, 0.05) is 7.11 Å². The molecule has 4 heterocycles. The van der Waals surface area contributed by atoms with Gasteiger partial charge in [0.1, 0.15) is 29.7 Å². The van der Waals surface area contributed by atoms with Gasteiger partial charge in [0.15, 0.2) is 17.7 Å². The van der Waals surface area contributed by atoms with Crippen molar-refractivity contribution in [3.8, 4) is 0 Å². The number of nitrogen functional groups attached to an aromatic ring is 1. The van der Waals surface area contributed by atoms with Crippen molar-refractivity contribution in [3.05, 3.63) is 12.7 Å². The van der Waals surface area contributed by atoms with E-state index in [1.54, 1.807) is 4.57 Å². The number of nitrogens with two attached hydrogens (primary N) is 1. The van der Waals surface area contributed by atoms with Crippen LogP contribution in [0.15, 0.2) is 12.7 Å². The lowest BCUT2D eigenvalue weighted by atomic mass is 9.96. The number of rotatable bonds is 5. The summed E-state index contributed by atoms with van der Waals surface area (Å²) in [6, 6.07) is 0. The van der Waals surface area contributed by atoms with Gasteiger partial charge in [-0.15, -0.1) is 0 Å². The third-order valence-corrected chi connectivity index (χ3v) is 5.67. The number of phosphoric acid groups is 1. The third kappa shape index (κ3) is 2.47. The lowest BCUT2D eigenvalue weighted by Gasteiger charge is -2.30. The molecule has 25 heavy (non-hydrogen) atoms. The van der Waals surface area contributed by atoms with Gasteiger partial charge in [-0.1, -0.05) is 6.92 Å². The summed E-state index contributed by atoms with van der Waals surface area (Å²) < 4.78 is 35.4. The molecule has 2 aromatic rings. The second-order valence-corrected chi connectivity index (χ2v) is 7.48. The molecular formula is C13H18N5O6P. The van der Waals surface area contributed by atoms with E-state index in [4.69, 9.17) is 19.7 Å². The van der Waals surface area contributed by atoms with Gasteiger partial charge in [0.25, 0.3) is 0 Å². The molecule has 2 bridgehead atoms. The van der Waals surface area contributed by atoms with Gasteiger partial charge in [-0.2, -0.15) is 0 Å². The SMILES string of the molecule is CC[C@@]12COC(C1OP(=O)(O)OC)[C@H](n1cnc3c(N)ncnc31)O2. The average molecular weight is 371 g/mol. The van der Waals surface area contributed by atoms with Gasteiger partial charge >= 0.3 is 7.82 Å². The molecule has 12 heteroatoms. The van der Waals surface area contributed by atoms with Crippen LogP contribution >= 0.6 is 7.82 Å². The van der Waals surface area contributed by atoms with Crippen LogP contribution in [-0.4, -0.2) is 55.9 Å². The summed E-state index contributed by atoms with van der Waals surface area (Å²) in [5, 5.41) is 0. The molecule has 2 fully saturated rings. The molecule has 3 N–H and O–H groups in total. The quantitative estimate of drug-likeness (QED) is 0.717. The zero-order chi connectivity index (χ0) is 17.8. The highest BCUT2D eigenvalue weighted by molar-refractivity contribution is 7.47. The lowest BCUT2D eigenvalue weighted by Crippen LogP contribution is -2.40. The predicted molar refractivity (Wildman–Crippen MR) is 84.3 cm³/mol. The van der Waals surface area contributed by atoms with Crippen LogP contribution < -0.4 is 5.73 Å². The maximum absolute atomic E-state index is 11.9. The van der Waals surface area contributed by atoms with E-state index >= 15 is 0 Å². The second kappa shape index (κ2) is 5.70.